The fraction of sp³-hybridized carbons (Fsp3) is 0.222. The van der Waals surface area contributed by atoms with Crippen molar-refractivity contribution in [1.29, 1.82) is 0 Å². The van der Waals surface area contributed by atoms with E-state index in [1.165, 1.54) is 0 Å². The molecule has 0 unspecified atom stereocenters. The van der Waals surface area contributed by atoms with Crippen LogP contribution in [0.2, 0.25) is 0 Å². The smallest absolute Gasteiger partial charge is 0.0682 e. The third-order valence-electron chi connectivity index (χ3n) is 2.01. The molecular formula is C9H10N2O. The highest BCUT2D eigenvalue weighted by atomic mass is 16.3. The van der Waals surface area contributed by atoms with Gasteiger partial charge in [0.1, 0.15) is 0 Å². The predicted molar refractivity (Wildman–Crippen MR) is 46.8 cm³/mol. The summed E-state index contributed by atoms with van der Waals surface area (Å²) < 4.78 is 0. The number of nitrogens with zero attached hydrogens (tertiary/aromatic N) is 1. The van der Waals surface area contributed by atoms with Gasteiger partial charge in [-0.2, -0.15) is 5.10 Å². The SMILES string of the molecule is Cc1cc(CO)cc2[nH]ncc12. The fourth-order valence-electron chi connectivity index (χ4n) is 1.39. The average molecular weight is 162 g/mol. The quantitative estimate of drug-likeness (QED) is 0.665. The Balaban J connectivity index is 2.75. The highest BCUT2D eigenvalue weighted by Gasteiger charge is 2.00. The molecule has 0 atom stereocenters. The van der Waals surface area contributed by atoms with E-state index in [9.17, 15) is 0 Å². The van der Waals surface area contributed by atoms with E-state index in [0.29, 0.717) is 0 Å². The van der Waals surface area contributed by atoms with Crippen LogP contribution in [0.15, 0.2) is 18.3 Å². The van der Waals surface area contributed by atoms with Crippen molar-refractivity contribution in [2.24, 2.45) is 0 Å². The minimum absolute atomic E-state index is 0.0792. The van der Waals surface area contributed by atoms with Crippen LogP contribution in [-0.4, -0.2) is 15.3 Å². The highest BCUT2D eigenvalue weighted by Crippen LogP contribution is 2.17. The van der Waals surface area contributed by atoms with Crippen LogP contribution >= 0.6 is 0 Å². The summed E-state index contributed by atoms with van der Waals surface area (Å²) in [6, 6.07) is 3.88. The van der Waals surface area contributed by atoms with Gasteiger partial charge >= 0.3 is 0 Å². The minimum atomic E-state index is 0.0792. The molecule has 0 radical (unpaired) electrons. The van der Waals surface area contributed by atoms with E-state index in [0.717, 1.165) is 22.0 Å². The van der Waals surface area contributed by atoms with Crippen molar-refractivity contribution in [3.05, 3.63) is 29.5 Å². The zero-order chi connectivity index (χ0) is 8.55. The second kappa shape index (κ2) is 2.60. The summed E-state index contributed by atoms with van der Waals surface area (Å²) in [5.74, 6) is 0. The number of aliphatic hydroxyl groups is 1. The van der Waals surface area contributed by atoms with E-state index in [1.54, 1.807) is 6.20 Å². The Labute approximate surface area is 70.0 Å². The number of H-pyrrole nitrogens is 1. The molecule has 0 saturated carbocycles. The number of hydrogen-bond donors (Lipinski definition) is 2. The monoisotopic (exact) mass is 162 g/mol. The lowest BCUT2D eigenvalue weighted by atomic mass is 10.1. The van der Waals surface area contributed by atoms with E-state index in [-0.39, 0.29) is 6.61 Å². The summed E-state index contributed by atoms with van der Waals surface area (Å²) in [7, 11) is 0. The first kappa shape index (κ1) is 7.31. The molecule has 1 heterocycles. The van der Waals surface area contributed by atoms with Crippen molar-refractivity contribution in [3.63, 3.8) is 0 Å². The molecule has 0 spiro atoms. The summed E-state index contributed by atoms with van der Waals surface area (Å²) >= 11 is 0. The number of fused-ring (bicyclic) bond motifs is 1. The lowest BCUT2D eigenvalue weighted by Crippen LogP contribution is -1.84. The molecule has 1 aromatic carbocycles. The van der Waals surface area contributed by atoms with Gasteiger partial charge in [0.05, 0.1) is 18.3 Å². The fourth-order valence-corrected chi connectivity index (χ4v) is 1.39. The zero-order valence-corrected chi connectivity index (χ0v) is 6.83. The summed E-state index contributed by atoms with van der Waals surface area (Å²) in [6.45, 7) is 2.09. The normalized spacial score (nSPS) is 10.8. The molecule has 0 saturated heterocycles. The molecule has 0 aliphatic heterocycles. The lowest BCUT2D eigenvalue weighted by molar-refractivity contribution is 0.282. The number of aromatic amines is 1. The van der Waals surface area contributed by atoms with Crippen LogP contribution in [0.1, 0.15) is 11.1 Å². The number of rotatable bonds is 1. The maximum absolute atomic E-state index is 8.92. The molecule has 62 valence electrons. The Hall–Kier alpha value is -1.35. The largest absolute Gasteiger partial charge is 0.392 e. The molecule has 2 rings (SSSR count). The molecule has 0 bridgehead atoms. The predicted octanol–water partition coefficient (Wildman–Crippen LogP) is 1.36. The standard InChI is InChI=1S/C9H10N2O/c1-6-2-7(5-12)3-9-8(6)4-10-11-9/h2-4,12H,5H2,1H3,(H,10,11). The van der Waals surface area contributed by atoms with Crippen molar-refractivity contribution < 1.29 is 5.11 Å². The molecule has 2 aromatic rings. The molecule has 12 heavy (non-hydrogen) atoms. The Morgan fingerprint density at radius 1 is 1.50 bits per heavy atom. The molecule has 0 amide bonds. The van der Waals surface area contributed by atoms with Gasteiger partial charge in [0.25, 0.3) is 0 Å². The van der Waals surface area contributed by atoms with Crippen molar-refractivity contribution in [2.45, 2.75) is 13.5 Å². The number of hydrogen-bond acceptors (Lipinski definition) is 2. The Morgan fingerprint density at radius 3 is 3.08 bits per heavy atom. The summed E-state index contributed by atoms with van der Waals surface area (Å²) in [6.07, 6.45) is 1.80. The van der Waals surface area contributed by atoms with Crippen molar-refractivity contribution in [2.75, 3.05) is 0 Å². The van der Waals surface area contributed by atoms with Crippen LogP contribution in [0.5, 0.6) is 0 Å². The Morgan fingerprint density at radius 2 is 2.33 bits per heavy atom. The summed E-state index contributed by atoms with van der Waals surface area (Å²) in [5.41, 5.74) is 3.05. The van der Waals surface area contributed by atoms with Crippen molar-refractivity contribution >= 4 is 10.9 Å². The number of benzene rings is 1. The van der Waals surface area contributed by atoms with Gasteiger partial charge in [0, 0.05) is 5.39 Å². The average Bonchev–Trinajstić information content (AvgIpc) is 2.52. The minimum Gasteiger partial charge on any atom is -0.392 e. The van der Waals surface area contributed by atoms with Gasteiger partial charge in [-0.25, -0.2) is 0 Å². The lowest BCUT2D eigenvalue weighted by Gasteiger charge is -1.99. The maximum atomic E-state index is 8.92. The number of aryl methyl sites for hydroxylation is 1. The van der Waals surface area contributed by atoms with Crippen LogP contribution < -0.4 is 0 Å². The zero-order valence-electron chi connectivity index (χ0n) is 6.83. The van der Waals surface area contributed by atoms with Crippen LogP contribution in [0.3, 0.4) is 0 Å². The van der Waals surface area contributed by atoms with Crippen LogP contribution in [0.25, 0.3) is 10.9 Å². The van der Waals surface area contributed by atoms with Crippen LogP contribution in [-0.2, 0) is 6.61 Å². The van der Waals surface area contributed by atoms with Gasteiger partial charge in [0.2, 0.25) is 0 Å². The summed E-state index contributed by atoms with van der Waals surface area (Å²) in [5, 5.41) is 16.8. The first-order chi connectivity index (χ1) is 5.81. The highest BCUT2D eigenvalue weighted by molar-refractivity contribution is 5.82. The van der Waals surface area contributed by atoms with E-state index in [1.807, 2.05) is 19.1 Å². The Kier molecular flexibility index (Phi) is 1.59. The van der Waals surface area contributed by atoms with Gasteiger partial charge in [0.15, 0.2) is 0 Å². The third-order valence-corrected chi connectivity index (χ3v) is 2.01. The van der Waals surface area contributed by atoms with E-state index in [2.05, 4.69) is 10.2 Å². The number of aromatic nitrogens is 2. The molecule has 0 aliphatic rings. The van der Waals surface area contributed by atoms with Gasteiger partial charge in [-0.3, -0.25) is 5.10 Å². The third kappa shape index (κ3) is 0.987. The molecule has 3 nitrogen and oxygen atoms in total. The molecule has 0 fully saturated rings. The number of aliphatic hydroxyl groups excluding tert-OH is 1. The van der Waals surface area contributed by atoms with Gasteiger partial charge in [-0.15, -0.1) is 0 Å². The van der Waals surface area contributed by atoms with E-state index >= 15 is 0 Å². The first-order valence-corrected chi connectivity index (χ1v) is 3.84. The van der Waals surface area contributed by atoms with E-state index < -0.39 is 0 Å². The van der Waals surface area contributed by atoms with E-state index in [4.69, 9.17) is 5.11 Å². The Bertz CT molecular complexity index is 406. The second-order valence-electron chi connectivity index (χ2n) is 2.90. The van der Waals surface area contributed by atoms with Crippen molar-refractivity contribution in [1.82, 2.24) is 10.2 Å². The summed E-state index contributed by atoms with van der Waals surface area (Å²) in [4.78, 5) is 0. The maximum Gasteiger partial charge on any atom is 0.0682 e. The molecule has 3 heteroatoms. The first-order valence-electron chi connectivity index (χ1n) is 3.84. The topological polar surface area (TPSA) is 48.9 Å². The number of nitrogens with one attached hydrogen (secondary N) is 1. The van der Waals surface area contributed by atoms with Gasteiger partial charge in [-0.1, -0.05) is 6.07 Å². The van der Waals surface area contributed by atoms with Gasteiger partial charge < -0.3 is 5.11 Å². The van der Waals surface area contributed by atoms with Crippen LogP contribution in [0, 0.1) is 6.92 Å². The molecule has 1 aromatic heterocycles. The van der Waals surface area contributed by atoms with Crippen LogP contribution in [0.4, 0.5) is 0 Å². The molecule has 2 N–H and O–H groups in total. The molecule has 0 aliphatic carbocycles. The van der Waals surface area contributed by atoms with Gasteiger partial charge in [-0.05, 0) is 24.1 Å². The second-order valence-corrected chi connectivity index (χ2v) is 2.90. The van der Waals surface area contributed by atoms with Crippen molar-refractivity contribution in [3.8, 4) is 0 Å². The molecular weight excluding hydrogens is 152 g/mol.